The van der Waals surface area contributed by atoms with Gasteiger partial charge in [-0.05, 0) is 25.0 Å². The lowest BCUT2D eigenvalue weighted by Gasteiger charge is -2.33. The standard InChI is InChI=1S/C18H25ClN2O4S/c1-20-17(22)10-11-18(20,23)13-8-9-15(19)16(12-13)26(24,25)21(2)14-6-4-3-5-7-14/h8-9,12,14,23H,3-7,10-11H2,1-2H3. The Balaban J connectivity index is 1.98. The monoisotopic (exact) mass is 400 g/mol. The van der Waals surface area contributed by atoms with Gasteiger partial charge in [0.05, 0.1) is 5.02 Å². The van der Waals surface area contributed by atoms with Gasteiger partial charge in [-0.1, -0.05) is 36.9 Å². The molecule has 0 aromatic heterocycles. The van der Waals surface area contributed by atoms with Crippen molar-refractivity contribution in [3.8, 4) is 0 Å². The topological polar surface area (TPSA) is 77.9 Å². The van der Waals surface area contributed by atoms with Gasteiger partial charge in [-0.15, -0.1) is 0 Å². The molecular weight excluding hydrogens is 376 g/mol. The molecule has 1 saturated heterocycles. The summed E-state index contributed by atoms with van der Waals surface area (Å²) in [5, 5.41) is 11.0. The third-order valence-electron chi connectivity index (χ3n) is 5.76. The molecule has 1 aromatic rings. The normalized spacial score (nSPS) is 25.3. The van der Waals surface area contributed by atoms with E-state index >= 15 is 0 Å². The van der Waals surface area contributed by atoms with Gasteiger partial charge in [-0.2, -0.15) is 4.31 Å². The second-order valence-corrected chi connectivity index (χ2v) is 9.60. The summed E-state index contributed by atoms with van der Waals surface area (Å²) in [6, 6.07) is 4.43. The van der Waals surface area contributed by atoms with Crippen molar-refractivity contribution in [1.29, 1.82) is 0 Å². The highest BCUT2D eigenvalue weighted by Crippen LogP contribution is 2.39. The van der Waals surface area contributed by atoms with Crippen LogP contribution in [0.3, 0.4) is 0 Å². The average Bonchev–Trinajstić information content (AvgIpc) is 2.90. The summed E-state index contributed by atoms with van der Waals surface area (Å²) >= 11 is 6.21. The maximum absolute atomic E-state index is 13.1. The Bertz CT molecular complexity index is 807. The van der Waals surface area contributed by atoms with Gasteiger partial charge in [0.25, 0.3) is 0 Å². The van der Waals surface area contributed by atoms with Gasteiger partial charge >= 0.3 is 0 Å². The highest BCUT2D eigenvalue weighted by molar-refractivity contribution is 7.89. The van der Waals surface area contributed by atoms with Gasteiger partial charge in [-0.25, -0.2) is 8.42 Å². The van der Waals surface area contributed by atoms with Gasteiger partial charge < -0.3 is 10.0 Å². The van der Waals surface area contributed by atoms with Crippen molar-refractivity contribution in [1.82, 2.24) is 9.21 Å². The van der Waals surface area contributed by atoms with Crippen LogP contribution < -0.4 is 0 Å². The molecule has 1 aliphatic heterocycles. The summed E-state index contributed by atoms with van der Waals surface area (Å²) in [4.78, 5) is 13.1. The van der Waals surface area contributed by atoms with E-state index in [9.17, 15) is 18.3 Å². The molecule has 3 rings (SSSR count). The van der Waals surface area contributed by atoms with Crippen LogP contribution in [0, 0.1) is 0 Å². The molecule has 1 unspecified atom stereocenters. The Morgan fingerprint density at radius 2 is 1.92 bits per heavy atom. The van der Waals surface area contributed by atoms with Gasteiger partial charge in [0.2, 0.25) is 15.9 Å². The van der Waals surface area contributed by atoms with Crippen molar-refractivity contribution in [2.24, 2.45) is 0 Å². The summed E-state index contributed by atoms with van der Waals surface area (Å²) < 4.78 is 27.7. The molecule has 2 aliphatic rings. The number of carbonyl (C=O) groups is 1. The zero-order valence-electron chi connectivity index (χ0n) is 15.1. The second kappa shape index (κ2) is 7.11. The zero-order valence-corrected chi connectivity index (χ0v) is 16.7. The van der Waals surface area contributed by atoms with E-state index in [1.165, 1.54) is 28.4 Å². The van der Waals surface area contributed by atoms with Crippen LogP contribution in [0.4, 0.5) is 0 Å². The molecule has 1 aromatic carbocycles. The summed E-state index contributed by atoms with van der Waals surface area (Å²) in [5.41, 5.74) is -1.14. The Labute approximate surface area is 159 Å². The fraction of sp³-hybridized carbons (Fsp3) is 0.611. The summed E-state index contributed by atoms with van der Waals surface area (Å²) in [5.74, 6) is -0.175. The number of halogens is 1. The van der Waals surface area contributed by atoms with Crippen LogP contribution in [0.5, 0.6) is 0 Å². The molecule has 8 heteroatoms. The molecule has 1 heterocycles. The van der Waals surface area contributed by atoms with Crippen LogP contribution in [0.2, 0.25) is 5.02 Å². The molecule has 0 radical (unpaired) electrons. The van der Waals surface area contributed by atoms with Crippen molar-refractivity contribution in [3.05, 3.63) is 28.8 Å². The number of nitrogens with zero attached hydrogens (tertiary/aromatic N) is 2. The molecule has 1 saturated carbocycles. The van der Waals surface area contributed by atoms with Crippen molar-refractivity contribution in [2.75, 3.05) is 14.1 Å². The first-order valence-electron chi connectivity index (χ1n) is 8.95. The number of hydrogen-bond acceptors (Lipinski definition) is 4. The van der Waals surface area contributed by atoms with Gasteiger partial charge in [0.15, 0.2) is 5.72 Å². The van der Waals surface area contributed by atoms with Crippen LogP contribution in [0.1, 0.15) is 50.5 Å². The number of amides is 1. The number of sulfonamides is 1. The number of rotatable bonds is 4. The van der Waals surface area contributed by atoms with Gasteiger partial charge in [-0.3, -0.25) is 4.79 Å². The first-order chi connectivity index (χ1) is 12.2. The number of carbonyl (C=O) groups excluding carboxylic acids is 1. The van der Waals surface area contributed by atoms with Gasteiger partial charge in [0.1, 0.15) is 4.90 Å². The molecule has 1 atom stereocenters. The van der Waals surface area contributed by atoms with E-state index in [2.05, 4.69) is 0 Å². The first kappa shape index (κ1) is 19.6. The van der Waals surface area contributed by atoms with Gasteiger partial charge in [0, 0.05) is 38.5 Å². The summed E-state index contributed by atoms with van der Waals surface area (Å²) in [7, 11) is -0.681. The highest BCUT2D eigenvalue weighted by Gasteiger charge is 2.43. The number of likely N-dealkylation sites (tertiary alicyclic amines) is 1. The van der Waals surface area contributed by atoms with Crippen molar-refractivity contribution >= 4 is 27.5 Å². The molecule has 6 nitrogen and oxygen atoms in total. The molecule has 0 bridgehead atoms. The van der Waals surface area contributed by atoms with E-state index in [1.807, 2.05) is 0 Å². The number of hydrogen-bond donors (Lipinski definition) is 1. The average molecular weight is 401 g/mol. The smallest absolute Gasteiger partial charge is 0.244 e. The van der Waals surface area contributed by atoms with Crippen LogP contribution in [-0.4, -0.2) is 48.8 Å². The van der Waals surface area contributed by atoms with E-state index < -0.39 is 15.7 Å². The minimum absolute atomic E-state index is 0.0223. The second-order valence-electron chi connectivity index (χ2n) is 7.23. The van der Waals surface area contributed by atoms with Crippen LogP contribution in [0.15, 0.2) is 23.1 Å². The van der Waals surface area contributed by atoms with Crippen LogP contribution in [-0.2, 0) is 20.5 Å². The minimum atomic E-state index is -3.79. The van der Waals surface area contributed by atoms with Crippen molar-refractivity contribution in [3.63, 3.8) is 0 Å². The number of benzene rings is 1. The quantitative estimate of drug-likeness (QED) is 0.842. The lowest BCUT2D eigenvalue weighted by molar-refractivity contribution is -0.142. The van der Waals surface area contributed by atoms with E-state index in [4.69, 9.17) is 11.6 Å². The lowest BCUT2D eigenvalue weighted by atomic mass is 9.96. The largest absolute Gasteiger partial charge is 0.367 e. The molecular formula is C18H25ClN2O4S. The Kier molecular flexibility index (Phi) is 5.36. The van der Waals surface area contributed by atoms with Crippen LogP contribution >= 0.6 is 11.6 Å². The van der Waals surface area contributed by atoms with Crippen molar-refractivity contribution < 1.29 is 18.3 Å². The van der Waals surface area contributed by atoms with E-state index in [1.54, 1.807) is 13.1 Å². The molecule has 1 aliphatic carbocycles. The lowest BCUT2D eigenvalue weighted by Crippen LogP contribution is -2.41. The molecule has 144 valence electrons. The predicted molar refractivity (Wildman–Crippen MR) is 99.2 cm³/mol. The minimum Gasteiger partial charge on any atom is -0.367 e. The molecule has 0 spiro atoms. The molecule has 1 N–H and O–H groups in total. The SMILES string of the molecule is CN1C(=O)CCC1(O)c1ccc(Cl)c(S(=O)(=O)N(C)C2CCCCC2)c1. The summed E-state index contributed by atoms with van der Waals surface area (Å²) in [6.07, 6.45) is 5.30. The highest BCUT2D eigenvalue weighted by atomic mass is 35.5. The Morgan fingerprint density at radius 3 is 2.50 bits per heavy atom. The maximum atomic E-state index is 13.1. The molecule has 2 fully saturated rings. The third kappa shape index (κ3) is 3.26. The van der Waals surface area contributed by atoms with E-state index in [0.717, 1.165) is 32.1 Å². The number of aliphatic hydroxyl groups is 1. The van der Waals surface area contributed by atoms with Crippen molar-refractivity contribution in [2.45, 2.75) is 61.6 Å². The zero-order chi connectivity index (χ0) is 19.1. The first-order valence-corrected chi connectivity index (χ1v) is 10.8. The Hall–Kier alpha value is -1.15. The maximum Gasteiger partial charge on any atom is 0.244 e. The fourth-order valence-electron chi connectivity index (χ4n) is 3.91. The fourth-order valence-corrected chi connectivity index (χ4v) is 5.82. The third-order valence-corrected chi connectivity index (χ3v) is 8.15. The van der Waals surface area contributed by atoms with E-state index in [-0.39, 0.29) is 34.7 Å². The molecule has 1 amide bonds. The Morgan fingerprint density at radius 1 is 1.27 bits per heavy atom. The predicted octanol–water partition coefficient (Wildman–Crippen LogP) is 2.69. The van der Waals surface area contributed by atoms with Crippen LogP contribution in [0.25, 0.3) is 0 Å². The molecule has 26 heavy (non-hydrogen) atoms. The van der Waals surface area contributed by atoms with E-state index in [0.29, 0.717) is 5.56 Å². The summed E-state index contributed by atoms with van der Waals surface area (Å²) in [6.45, 7) is 0.